The Morgan fingerprint density at radius 2 is 1.94 bits per heavy atom. The number of rotatable bonds is 6. The quantitative estimate of drug-likeness (QED) is 0.348. The van der Waals surface area contributed by atoms with E-state index in [4.69, 9.17) is 0 Å². The summed E-state index contributed by atoms with van der Waals surface area (Å²) in [6.07, 6.45) is -4.59. The van der Waals surface area contributed by atoms with E-state index >= 15 is 0 Å². The first-order valence-electron chi connectivity index (χ1n) is 10.1. The van der Waals surface area contributed by atoms with Crippen LogP contribution >= 0.6 is 39.0 Å². The van der Waals surface area contributed by atoms with Crippen molar-refractivity contribution in [3.63, 3.8) is 0 Å². The fourth-order valence-electron chi connectivity index (χ4n) is 3.60. The van der Waals surface area contributed by atoms with E-state index in [9.17, 15) is 22.8 Å². The summed E-state index contributed by atoms with van der Waals surface area (Å²) in [5, 5.41) is 7.30. The molecule has 0 spiro atoms. The number of nitrogens with one attached hydrogen (secondary N) is 1. The highest BCUT2D eigenvalue weighted by Gasteiger charge is 2.33. The minimum Gasteiger partial charge on any atom is -0.284 e. The van der Waals surface area contributed by atoms with Crippen molar-refractivity contribution in [1.82, 2.24) is 24.3 Å². The van der Waals surface area contributed by atoms with Crippen molar-refractivity contribution in [3.05, 3.63) is 65.8 Å². The zero-order valence-electron chi connectivity index (χ0n) is 18.2. The Kier molecular flexibility index (Phi) is 6.80. The predicted molar refractivity (Wildman–Crippen MR) is 129 cm³/mol. The molecule has 0 saturated heterocycles. The van der Waals surface area contributed by atoms with Gasteiger partial charge in [0.2, 0.25) is 4.73 Å². The third-order valence-electron chi connectivity index (χ3n) is 5.05. The second-order valence-electron chi connectivity index (χ2n) is 8.03. The molecule has 0 unspecified atom stereocenters. The van der Waals surface area contributed by atoms with E-state index < -0.39 is 23.0 Å². The first-order chi connectivity index (χ1) is 16.0. The van der Waals surface area contributed by atoms with E-state index in [-0.39, 0.29) is 23.3 Å². The van der Waals surface area contributed by atoms with Crippen molar-refractivity contribution in [2.45, 2.75) is 43.0 Å². The van der Waals surface area contributed by atoms with E-state index in [0.717, 1.165) is 33.7 Å². The van der Waals surface area contributed by atoms with Gasteiger partial charge in [-0.3, -0.25) is 19.0 Å². The van der Waals surface area contributed by atoms with Gasteiger partial charge in [-0.15, -0.1) is 16.4 Å². The molecule has 180 valence electrons. The summed E-state index contributed by atoms with van der Waals surface area (Å²) in [4.78, 5) is 31.7. The van der Waals surface area contributed by atoms with Crippen LogP contribution in [0.25, 0.3) is 10.2 Å². The van der Waals surface area contributed by atoms with Crippen LogP contribution in [0.5, 0.6) is 0 Å². The highest BCUT2D eigenvalue weighted by Crippen LogP contribution is 2.41. The lowest BCUT2D eigenvalue weighted by Crippen LogP contribution is -2.38. The molecule has 1 aromatic carbocycles. The Morgan fingerprint density at radius 1 is 1.24 bits per heavy atom. The van der Waals surface area contributed by atoms with Crippen LogP contribution in [0.2, 0.25) is 0 Å². The molecule has 13 heteroatoms. The van der Waals surface area contributed by atoms with Gasteiger partial charge in [0, 0.05) is 29.8 Å². The van der Waals surface area contributed by atoms with Gasteiger partial charge in [-0.05, 0) is 45.2 Å². The summed E-state index contributed by atoms with van der Waals surface area (Å²) in [7, 11) is 1.40. The van der Waals surface area contributed by atoms with E-state index in [2.05, 4.69) is 31.1 Å². The number of benzene rings is 1. The van der Waals surface area contributed by atoms with Crippen molar-refractivity contribution in [3.8, 4) is 0 Å². The average molecular weight is 574 g/mol. The number of H-pyrrole nitrogens is 1. The van der Waals surface area contributed by atoms with Crippen molar-refractivity contribution in [1.29, 1.82) is 0 Å². The van der Waals surface area contributed by atoms with Crippen LogP contribution in [0, 0.1) is 5.92 Å². The van der Waals surface area contributed by atoms with Gasteiger partial charge in [0.05, 0.1) is 10.9 Å². The second-order valence-corrected chi connectivity index (χ2v) is 10.8. The van der Waals surface area contributed by atoms with Gasteiger partial charge in [0.15, 0.2) is 5.16 Å². The van der Waals surface area contributed by atoms with Gasteiger partial charge >= 0.3 is 11.9 Å². The highest BCUT2D eigenvalue weighted by molar-refractivity contribution is 9.10. The van der Waals surface area contributed by atoms with Crippen LogP contribution < -0.4 is 11.2 Å². The van der Waals surface area contributed by atoms with Gasteiger partial charge < -0.3 is 0 Å². The number of halogens is 4. The zero-order chi connectivity index (χ0) is 24.8. The maximum atomic E-state index is 13.7. The van der Waals surface area contributed by atoms with Crippen molar-refractivity contribution >= 4 is 49.2 Å². The minimum absolute atomic E-state index is 0.0638. The molecule has 34 heavy (non-hydrogen) atoms. The van der Waals surface area contributed by atoms with E-state index in [1.54, 1.807) is 6.07 Å². The number of alkyl halides is 3. The van der Waals surface area contributed by atoms with Crippen LogP contribution in [0.1, 0.15) is 29.9 Å². The van der Waals surface area contributed by atoms with Crippen molar-refractivity contribution in [2.24, 2.45) is 13.0 Å². The minimum atomic E-state index is -4.52. The zero-order valence-corrected chi connectivity index (χ0v) is 21.5. The van der Waals surface area contributed by atoms with Crippen molar-refractivity contribution < 1.29 is 13.2 Å². The first kappa shape index (κ1) is 24.7. The third kappa shape index (κ3) is 4.73. The standard InChI is InChI=1S/C21H19BrF3N5O2S2/c1-10(2)9-30-17-14(16(31)29(3)20(30)32)15(34-19-26-18(22)27-28-19)13(33-17)8-11-6-4-5-7-12(11)21(23,24)25/h4-7,10H,8-9H2,1-3H3,(H,26,27,28). The molecule has 0 atom stereocenters. The third-order valence-corrected chi connectivity index (χ3v) is 7.78. The molecule has 3 aromatic heterocycles. The van der Waals surface area contributed by atoms with Crippen LogP contribution in [0.15, 0.2) is 48.6 Å². The summed E-state index contributed by atoms with van der Waals surface area (Å²) in [5.41, 5.74) is -1.63. The maximum absolute atomic E-state index is 13.7. The van der Waals surface area contributed by atoms with E-state index in [1.807, 2.05) is 13.8 Å². The van der Waals surface area contributed by atoms with Gasteiger partial charge in [0.25, 0.3) is 5.56 Å². The summed E-state index contributed by atoms with van der Waals surface area (Å²) in [5.74, 6) is 0.108. The van der Waals surface area contributed by atoms with Crippen LogP contribution in [-0.2, 0) is 26.2 Å². The maximum Gasteiger partial charge on any atom is 0.416 e. The SMILES string of the molecule is CC(C)Cn1c(=O)n(C)c(=O)c2c(Sc3nc(Br)n[nH]3)c(Cc3ccccc3C(F)(F)F)sc21. The normalized spacial score (nSPS) is 12.2. The number of hydrogen-bond acceptors (Lipinski definition) is 6. The van der Waals surface area contributed by atoms with Gasteiger partial charge in [-0.2, -0.15) is 18.2 Å². The molecule has 3 heterocycles. The number of aromatic nitrogens is 5. The van der Waals surface area contributed by atoms with E-state index in [0.29, 0.717) is 31.0 Å². The molecule has 0 radical (unpaired) electrons. The smallest absolute Gasteiger partial charge is 0.284 e. The fourth-order valence-corrected chi connectivity index (χ4v) is 6.39. The molecule has 7 nitrogen and oxygen atoms in total. The summed E-state index contributed by atoms with van der Waals surface area (Å²) < 4.78 is 43.8. The Morgan fingerprint density at radius 3 is 2.56 bits per heavy atom. The lowest BCUT2D eigenvalue weighted by molar-refractivity contribution is -0.138. The molecule has 0 aliphatic rings. The lowest BCUT2D eigenvalue weighted by Gasteiger charge is -2.12. The average Bonchev–Trinajstić information content (AvgIpc) is 3.33. The summed E-state index contributed by atoms with van der Waals surface area (Å²) in [6.45, 7) is 4.25. The predicted octanol–water partition coefficient (Wildman–Crippen LogP) is 5.06. The molecular weight excluding hydrogens is 555 g/mol. The lowest BCUT2D eigenvalue weighted by atomic mass is 10.0. The highest BCUT2D eigenvalue weighted by atomic mass is 79.9. The molecule has 0 aliphatic carbocycles. The Balaban J connectivity index is 1.99. The Hall–Kier alpha value is -2.38. The largest absolute Gasteiger partial charge is 0.416 e. The molecule has 0 fully saturated rings. The summed E-state index contributed by atoms with van der Waals surface area (Å²) >= 11 is 5.42. The topological polar surface area (TPSA) is 85.6 Å². The van der Waals surface area contributed by atoms with Gasteiger partial charge in [0.1, 0.15) is 4.83 Å². The number of thiophene rings is 1. The van der Waals surface area contributed by atoms with Crippen LogP contribution in [-0.4, -0.2) is 24.3 Å². The van der Waals surface area contributed by atoms with Gasteiger partial charge in [-0.1, -0.05) is 32.0 Å². The number of aromatic amines is 1. The Labute approximate surface area is 208 Å². The molecule has 4 rings (SSSR count). The number of fused-ring (bicyclic) bond motifs is 1. The van der Waals surface area contributed by atoms with Crippen LogP contribution in [0.3, 0.4) is 0 Å². The number of nitrogens with zero attached hydrogens (tertiary/aromatic N) is 4. The monoisotopic (exact) mass is 573 g/mol. The molecular formula is C21H19BrF3N5O2S2. The number of hydrogen-bond donors (Lipinski definition) is 1. The Bertz CT molecular complexity index is 1490. The first-order valence-corrected chi connectivity index (χ1v) is 12.6. The second kappa shape index (κ2) is 9.34. The molecule has 0 amide bonds. The van der Waals surface area contributed by atoms with Crippen molar-refractivity contribution in [2.75, 3.05) is 0 Å². The van der Waals surface area contributed by atoms with Gasteiger partial charge in [-0.25, -0.2) is 4.79 Å². The molecule has 0 aliphatic heterocycles. The fraction of sp³-hybridized carbons (Fsp3) is 0.333. The molecule has 0 bridgehead atoms. The molecule has 1 N–H and O–H groups in total. The van der Waals surface area contributed by atoms with E-state index in [1.165, 1.54) is 23.7 Å². The molecule has 0 saturated carbocycles. The summed E-state index contributed by atoms with van der Waals surface area (Å²) in [6, 6.07) is 5.35. The van der Waals surface area contributed by atoms with Crippen LogP contribution in [0.4, 0.5) is 13.2 Å². The molecule has 4 aromatic rings.